The molecule has 1 amide bonds. The normalized spacial score (nSPS) is 24.4. The molecule has 1 atom stereocenters. The van der Waals surface area contributed by atoms with Crippen LogP contribution in [0.4, 0.5) is 0 Å². The second-order valence-corrected chi connectivity index (χ2v) is 7.40. The number of nitrogens with zero attached hydrogens (tertiary/aromatic N) is 2. The molecule has 0 aliphatic carbocycles. The smallest absolute Gasteiger partial charge is 0.241 e. The summed E-state index contributed by atoms with van der Waals surface area (Å²) in [5.74, 6) is -0.0967. The number of sulfonamides is 1. The van der Waals surface area contributed by atoms with Crippen LogP contribution in [0.15, 0.2) is 0 Å². The molecule has 0 spiro atoms. The van der Waals surface area contributed by atoms with Crippen molar-refractivity contribution >= 4 is 15.9 Å². The zero-order valence-corrected chi connectivity index (χ0v) is 13.4. The Labute approximate surface area is 126 Å². The lowest BCUT2D eigenvalue weighted by Crippen LogP contribution is -2.53. The van der Waals surface area contributed by atoms with E-state index in [-0.39, 0.29) is 18.3 Å². The third kappa shape index (κ3) is 4.15. The Morgan fingerprint density at radius 3 is 2.67 bits per heavy atom. The summed E-state index contributed by atoms with van der Waals surface area (Å²) in [7, 11) is -3.42. The lowest BCUT2D eigenvalue weighted by molar-refractivity contribution is -0.135. The topological polar surface area (TPSA) is 79.0 Å². The Morgan fingerprint density at radius 1 is 1.29 bits per heavy atom. The van der Waals surface area contributed by atoms with Gasteiger partial charge >= 0.3 is 0 Å². The van der Waals surface area contributed by atoms with Crippen molar-refractivity contribution in [2.45, 2.75) is 25.8 Å². The first-order valence-corrected chi connectivity index (χ1v) is 9.24. The van der Waals surface area contributed by atoms with E-state index in [0.29, 0.717) is 32.7 Å². The fourth-order valence-corrected chi connectivity index (χ4v) is 4.40. The Hall–Kier alpha value is -0.700. The van der Waals surface area contributed by atoms with Gasteiger partial charge in [-0.05, 0) is 19.8 Å². The molecule has 2 aliphatic heterocycles. The maximum Gasteiger partial charge on any atom is 0.241 e. The third-order valence-corrected chi connectivity index (χ3v) is 5.80. The van der Waals surface area contributed by atoms with Crippen LogP contribution in [0.3, 0.4) is 0 Å². The minimum absolute atomic E-state index is 0.0472. The largest absolute Gasteiger partial charge is 0.381 e. The van der Waals surface area contributed by atoms with Crippen molar-refractivity contribution in [3.05, 3.63) is 0 Å². The van der Waals surface area contributed by atoms with Gasteiger partial charge in [0, 0.05) is 39.3 Å². The van der Waals surface area contributed by atoms with Crippen molar-refractivity contribution in [1.82, 2.24) is 14.5 Å². The zero-order valence-electron chi connectivity index (χ0n) is 12.6. The fraction of sp³-hybridized carbons (Fsp3) is 0.923. The van der Waals surface area contributed by atoms with Gasteiger partial charge in [0.15, 0.2) is 0 Å². The third-order valence-electron chi connectivity index (χ3n) is 3.96. The molecule has 0 saturated carbocycles. The van der Waals surface area contributed by atoms with Gasteiger partial charge in [-0.15, -0.1) is 0 Å². The van der Waals surface area contributed by atoms with E-state index in [9.17, 15) is 13.2 Å². The summed E-state index contributed by atoms with van der Waals surface area (Å²) in [5, 5.41) is 3.19. The van der Waals surface area contributed by atoms with Gasteiger partial charge in [0.25, 0.3) is 0 Å². The number of rotatable bonds is 6. The minimum Gasteiger partial charge on any atom is -0.381 e. The second kappa shape index (κ2) is 7.53. The minimum atomic E-state index is -3.42. The van der Waals surface area contributed by atoms with Crippen molar-refractivity contribution in [3.63, 3.8) is 0 Å². The number of nitrogens with one attached hydrogen (secondary N) is 1. The molecule has 0 aromatic carbocycles. The van der Waals surface area contributed by atoms with Crippen molar-refractivity contribution in [2.24, 2.45) is 0 Å². The first-order chi connectivity index (χ1) is 10.1. The van der Waals surface area contributed by atoms with Crippen LogP contribution in [0.1, 0.15) is 19.8 Å². The van der Waals surface area contributed by atoms with E-state index < -0.39 is 16.1 Å². The van der Waals surface area contributed by atoms with E-state index in [1.807, 2.05) is 6.92 Å². The van der Waals surface area contributed by atoms with Crippen molar-refractivity contribution < 1.29 is 17.9 Å². The number of piperazine rings is 1. The van der Waals surface area contributed by atoms with Gasteiger partial charge in [-0.2, -0.15) is 4.31 Å². The van der Waals surface area contributed by atoms with Crippen LogP contribution >= 0.6 is 0 Å². The number of carbonyl (C=O) groups excluding carboxylic acids is 1. The molecule has 1 N–H and O–H groups in total. The maximum absolute atomic E-state index is 12.5. The molecule has 2 saturated heterocycles. The maximum atomic E-state index is 12.5. The van der Waals surface area contributed by atoms with E-state index in [2.05, 4.69) is 5.32 Å². The first kappa shape index (κ1) is 16.7. The highest BCUT2D eigenvalue weighted by molar-refractivity contribution is 7.89. The fourth-order valence-electron chi connectivity index (χ4n) is 2.84. The summed E-state index contributed by atoms with van der Waals surface area (Å²) in [5.41, 5.74) is 0. The molecular weight excluding hydrogens is 294 g/mol. The predicted molar refractivity (Wildman–Crippen MR) is 79.5 cm³/mol. The molecule has 0 aromatic heterocycles. The van der Waals surface area contributed by atoms with Crippen molar-refractivity contribution in [3.8, 4) is 0 Å². The molecule has 2 heterocycles. The molecule has 8 heteroatoms. The monoisotopic (exact) mass is 319 g/mol. The van der Waals surface area contributed by atoms with Gasteiger partial charge in [-0.25, -0.2) is 8.42 Å². The Bertz CT molecular complexity index is 448. The summed E-state index contributed by atoms with van der Waals surface area (Å²) in [6, 6.07) is -0.519. The summed E-state index contributed by atoms with van der Waals surface area (Å²) in [6.07, 6.45) is 1.37. The van der Waals surface area contributed by atoms with E-state index >= 15 is 0 Å². The molecule has 7 nitrogen and oxygen atoms in total. The Balaban J connectivity index is 2.00. The molecular formula is C13H25N3O4S. The molecule has 2 fully saturated rings. The van der Waals surface area contributed by atoms with Gasteiger partial charge in [0.2, 0.25) is 15.9 Å². The van der Waals surface area contributed by atoms with E-state index in [0.717, 1.165) is 19.5 Å². The van der Waals surface area contributed by atoms with E-state index in [1.165, 1.54) is 4.31 Å². The Morgan fingerprint density at radius 2 is 2.00 bits per heavy atom. The molecule has 21 heavy (non-hydrogen) atoms. The van der Waals surface area contributed by atoms with Crippen LogP contribution in [-0.2, 0) is 19.6 Å². The van der Waals surface area contributed by atoms with Crippen LogP contribution in [0.5, 0.6) is 0 Å². The highest BCUT2D eigenvalue weighted by Gasteiger charge is 2.40. The molecule has 2 aliphatic rings. The number of amides is 1. The summed E-state index contributed by atoms with van der Waals surface area (Å²) in [4.78, 5) is 14.3. The van der Waals surface area contributed by atoms with E-state index in [1.54, 1.807) is 4.90 Å². The van der Waals surface area contributed by atoms with E-state index in [4.69, 9.17) is 4.74 Å². The standard InChI is InChI=1S/C13H25N3O4S/c1-2-20-10-11-21(18,19)16-7-3-4-12(16)13(17)15-8-5-14-6-9-15/h12,14H,2-11H2,1H3. The Kier molecular flexibility index (Phi) is 5.98. The predicted octanol–water partition coefficient (Wildman–Crippen LogP) is -0.751. The molecule has 2 rings (SSSR count). The van der Waals surface area contributed by atoms with Crippen molar-refractivity contribution in [2.75, 3.05) is 51.7 Å². The number of hydrogen-bond acceptors (Lipinski definition) is 5. The highest BCUT2D eigenvalue weighted by atomic mass is 32.2. The lowest BCUT2D eigenvalue weighted by Gasteiger charge is -2.32. The SMILES string of the molecule is CCOCCS(=O)(=O)N1CCCC1C(=O)N1CCNCC1. The quantitative estimate of drug-likeness (QED) is 0.652. The van der Waals surface area contributed by atoms with Gasteiger partial charge in [0.1, 0.15) is 6.04 Å². The molecule has 0 bridgehead atoms. The van der Waals surface area contributed by atoms with Crippen LogP contribution in [0.25, 0.3) is 0 Å². The van der Waals surface area contributed by atoms with Crippen molar-refractivity contribution in [1.29, 1.82) is 0 Å². The lowest BCUT2D eigenvalue weighted by atomic mass is 10.2. The average Bonchev–Trinajstić information content (AvgIpc) is 2.98. The number of ether oxygens (including phenoxy) is 1. The summed E-state index contributed by atoms with van der Waals surface area (Å²) < 4.78 is 31.3. The molecule has 0 radical (unpaired) electrons. The molecule has 122 valence electrons. The van der Waals surface area contributed by atoms with Gasteiger partial charge in [-0.1, -0.05) is 0 Å². The number of carbonyl (C=O) groups is 1. The molecule has 1 unspecified atom stereocenters. The van der Waals surface area contributed by atoms with Crippen LogP contribution in [0.2, 0.25) is 0 Å². The second-order valence-electron chi connectivity index (χ2n) is 5.36. The van der Waals surface area contributed by atoms with Crippen LogP contribution in [0, 0.1) is 0 Å². The van der Waals surface area contributed by atoms with Gasteiger partial charge in [-0.3, -0.25) is 4.79 Å². The average molecular weight is 319 g/mol. The van der Waals surface area contributed by atoms with Crippen LogP contribution < -0.4 is 5.32 Å². The van der Waals surface area contributed by atoms with Crippen LogP contribution in [-0.4, -0.2) is 81.3 Å². The van der Waals surface area contributed by atoms with Gasteiger partial charge < -0.3 is 15.0 Å². The number of hydrogen-bond donors (Lipinski definition) is 1. The molecule has 0 aromatic rings. The summed E-state index contributed by atoms with van der Waals surface area (Å²) in [6.45, 7) is 5.81. The summed E-state index contributed by atoms with van der Waals surface area (Å²) >= 11 is 0. The first-order valence-electron chi connectivity index (χ1n) is 7.63. The zero-order chi connectivity index (χ0) is 15.3. The highest BCUT2D eigenvalue weighted by Crippen LogP contribution is 2.23. The van der Waals surface area contributed by atoms with Gasteiger partial charge in [0.05, 0.1) is 12.4 Å².